The summed E-state index contributed by atoms with van der Waals surface area (Å²) in [5.74, 6) is 0.832. The van der Waals surface area contributed by atoms with Gasteiger partial charge < -0.3 is 4.52 Å². The Hall–Kier alpha value is -1.22. The fourth-order valence-corrected chi connectivity index (χ4v) is 2.31. The molecular formula is C13H15NOS. The van der Waals surface area contributed by atoms with Crippen LogP contribution >= 0.6 is 11.8 Å². The number of aromatic nitrogens is 1. The number of thioether (sulfide) groups is 1. The van der Waals surface area contributed by atoms with E-state index in [1.807, 2.05) is 24.8 Å². The molecule has 0 spiro atoms. The monoisotopic (exact) mass is 233 g/mol. The van der Waals surface area contributed by atoms with Crippen molar-refractivity contribution < 1.29 is 4.52 Å². The van der Waals surface area contributed by atoms with Gasteiger partial charge >= 0.3 is 0 Å². The van der Waals surface area contributed by atoms with Crippen molar-refractivity contribution in [1.82, 2.24) is 5.16 Å². The summed E-state index contributed by atoms with van der Waals surface area (Å²) >= 11 is 1.86. The standard InChI is InChI=1S/C13H15NOS/c1-9(2)16-12-6-4-11(5-7-12)13-8-10(3)14-15-13/h4-9H,1-3H3. The quantitative estimate of drug-likeness (QED) is 0.745. The molecule has 0 N–H and O–H groups in total. The van der Waals surface area contributed by atoms with Crippen LogP contribution in [0.4, 0.5) is 0 Å². The van der Waals surface area contributed by atoms with Gasteiger partial charge in [-0.1, -0.05) is 31.1 Å². The highest BCUT2D eigenvalue weighted by Gasteiger charge is 2.04. The molecule has 1 aromatic heterocycles. The molecule has 1 heterocycles. The van der Waals surface area contributed by atoms with E-state index in [0.29, 0.717) is 5.25 Å². The summed E-state index contributed by atoms with van der Waals surface area (Å²) in [7, 11) is 0. The molecule has 0 saturated carbocycles. The molecule has 0 radical (unpaired) electrons. The average Bonchev–Trinajstić information content (AvgIpc) is 2.65. The lowest BCUT2D eigenvalue weighted by atomic mass is 10.2. The van der Waals surface area contributed by atoms with Gasteiger partial charge in [0, 0.05) is 21.8 Å². The first-order valence-electron chi connectivity index (χ1n) is 5.35. The second kappa shape index (κ2) is 4.74. The molecule has 16 heavy (non-hydrogen) atoms. The number of benzene rings is 1. The molecule has 0 amide bonds. The van der Waals surface area contributed by atoms with Crippen molar-refractivity contribution in [3.8, 4) is 11.3 Å². The van der Waals surface area contributed by atoms with Gasteiger partial charge in [-0.2, -0.15) is 0 Å². The van der Waals surface area contributed by atoms with E-state index in [1.165, 1.54) is 4.90 Å². The van der Waals surface area contributed by atoms with Gasteiger partial charge in [0.1, 0.15) is 0 Å². The molecule has 2 rings (SSSR count). The predicted molar refractivity (Wildman–Crippen MR) is 67.7 cm³/mol. The van der Waals surface area contributed by atoms with E-state index in [-0.39, 0.29) is 0 Å². The molecule has 0 fully saturated rings. The van der Waals surface area contributed by atoms with Crippen LogP contribution in [0.3, 0.4) is 0 Å². The van der Waals surface area contributed by atoms with Gasteiger partial charge in [-0.05, 0) is 19.1 Å². The Balaban J connectivity index is 2.19. The summed E-state index contributed by atoms with van der Waals surface area (Å²) in [4.78, 5) is 1.29. The first-order chi connectivity index (χ1) is 7.65. The van der Waals surface area contributed by atoms with E-state index < -0.39 is 0 Å². The smallest absolute Gasteiger partial charge is 0.167 e. The number of hydrogen-bond acceptors (Lipinski definition) is 3. The summed E-state index contributed by atoms with van der Waals surface area (Å²) in [6.45, 7) is 6.31. The highest BCUT2D eigenvalue weighted by atomic mass is 32.2. The first kappa shape index (κ1) is 11.3. The van der Waals surface area contributed by atoms with Crippen molar-refractivity contribution in [2.45, 2.75) is 30.9 Å². The molecule has 0 unspecified atom stereocenters. The second-order valence-corrected chi connectivity index (χ2v) is 5.67. The third kappa shape index (κ3) is 2.67. The van der Waals surface area contributed by atoms with Crippen LogP contribution in [0.25, 0.3) is 11.3 Å². The fraction of sp³-hybridized carbons (Fsp3) is 0.308. The van der Waals surface area contributed by atoms with Crippen molar-refractivity contribution in [2.75, 3.05) is 0 Å². The van der Waals surface area contributed by atoms with Gasteiger partial charge in [0.05, 0.1) is 5.69 Å². The summed E-state index contributed by atoms with van der Waals surface area (Å²) in [5, 5.41) is 4.49. The lowest BCUT2D eigenvalue weighted by molar-refractivity contribution is 0.427. The van der Waals surface area contributed by atoms with Crippen LogP contribution in [0.15, 0.2) is 39.8 Å². The summed E-state index contributed by atoms with van der Waals surface area (Å²) in [6.07, 6.45) is 0. The minimum atomic E-state index is 0.610. The van der Waals surface area contributed by atoms with Crippen LogP contribution in [0.5, 0.6) is 0 Å². The molecule has 84 valence electrons. The van der Waals surface area contributed by atoms with Crippen molar-refractivity contribution in [3.05, 3.63) is 36.0 Å². The van der Waals surface area contributed by atoms with Gasteiger partial charge in [-0.3, -0.25) is 0 Å². The molecule has 0 atom stereocenters. The largest absolute Gasteiger partial charge is 0.356 e. The molecule has 0 aliphatic carbocycles. The average molecular weight is 233 g/mol. The lowest BCUT2D eigenvalue weighted by Crippen LogP contribution is -1.85. The summed E-state index contributed by atoms with van der Waals surface area (Å²) in [5.41, 5.74) is 1.99. The van der Waals surface area contributed by atoms with E-state index in [0.717, 1.165) is 17.0 Å². The van der Waals surface area contributed by atoms with E-state index in [2.05, 4.69) is 43.3 Å². The van der Waals surface area contributed by atoms with Crippen molar-refractivity contribution in [3.63, 3.8) is 0 Å². The Kier molecular flexibility index (Phi) is 3.34. The van der Waals surface area contributed by atoms with Crippen molar-refractivity contribution >= 4 is 11.8 Å². The number of hydrogen-bond donors (Lipinski definition) is 0. The van der Waals surface area contributed by atoms with Crippen LogP contribution in [0.1, 0.15) is 19.5 Å². The van der Waals surface area contributed by atoms with E-state index in [9.17, 15) is 0 Å². The van der Waals surface area contributed by atoms with Gasteiger partial charge in [-0.25, -0.2) is 0 Å². The summed E-state index contributed by atoms with van der Waals surface area (Å²) < 4.78 is 5.21. The third-order valence-corrected chi connectivity index (χ3v) is 3.15. The molecule has 0 aliphatic rings. The van der Waals surface area contributed by atoms with Crippen LogP contribution in [0, 0.1) is 6.92 Å². The SMILES string of the molecule is Cc1cc(-c2ccc(SC(C)C)cc2)on1. The highest BCUT2D eigenvalue weighted by molar-refractivity contribution is 7.99. The Bertz CT molecular complexity index is 459. The van der Waals surface area contributed by atoms with Crippen LogP contribution in [-0.4, -0.2) is 10.4 Å². The molecular weight excluding hydrogens is 218 g/mol. The number of aryl methyl sites for hydroxylation is 1. The van der Waals surface area contributed by atoms with Crippen LogP contribution < -0.4 is 0 Å². The van der Waals surface area contributed by atoms with E-state index in [4.69, 9.17) is 4.52 Å². The summed E-state index contributed by atoms with van der Waals surface area (Å²) in [6, 6.07) is 10.3. The Morgan fingerprint density at radius 2 is 1.88 bits per heavy atom. The molecule has 1 aromatic carbocycles. The zero-order valence-electron chi connectivity index (χ0n) is 9.73. The van der Waals surface area contributed by atoms with Crippen molar-refractivity contribution in [2.24, 2.45) is 0 Å². The Morgan fingerprint density at radius 1 is 1.19 bits per heavy atom. The molecule has 0 aliphatic heterocycles. The Morgan fingerprint density at radius 3 is 2.38 bits per heavy atom. The van der Waals surface area contributed by atoms with Gasteiger partial charge in [0.2, 0.25) is 0 Å². The van der Waals surface area contributed by atoms with E-state index >= 15 is 0 Å². The van der Waals surface area contributed by atoms with Gasteiger partial charge in [0.15, 0.2) is 5.76 Å². The maximum absolute atomic E-state index is 5.21. The predicted octanol–water partition coefficient (Wildman–Crippen LogP) is 4.15. The first-order valence-corrected chi connectivity index (χ1v) is 6.23. The molecule has 2 nitrogen and oxygen atoms in total. The second-order valence-electron chi connectivity index (χ2n) is 4.02. The maximum Gasteiger partial charge on any atom is 0.167 e. The lowest BCUT2D eigenvalue weighted by Gasteiger charge is -2.04. The zero-order chi connectivity index (χ0) is 11.5. The van der Waals surface area contributed by atoms with Gasteiger partial charge in [-0.15, -0.1) is 11.8 Å². The number of nitrogens with zero attached hydrogens (tertiary/aromatic N) is 1. The van der Waals surface area contributed by atoms with Crippen LogP contribution in [0.2, 0.25) is 0 Å². The maximum atomic E-state index is 5.21. The molecule has 0 saturated heterocycles. The topological polar surface area (TPSA) is 26.0 Å². The molecule has 2 aromatic rings. The Labute approximate surface area is 100 Å². The van der Waals surface area contributed by atoms with Crippen LogP contribution in [-0.2, 0) is 0 Å². The molecule has 3 heteroatoms. The third-order valence-electron chi connectivity index (χ3n) is 2.14. The van der Waals surface area contributed by atoms with Gasteiger partial charge in [0.25, 0.3) is 0 Å². The zero-order valence-corrected chi connectivity index (χ0v) is 10.5. The molecule has 0 bridgehead atoms. The number of rotatable bonds is 3. The minimum Gasteiger partial charge on any atom is -0.356 e. The van der Waals surface area contributed by atoms with Crippen molar-refractivity contribution in [1.29, 1.82) is 0 Å². The van der Waals surface area contributed by atoms with E-state index in [1.54, 1.807) is 0 Å². The highest BCUT2D eigenvalue weighted by Crippen LogP contribution is 2.26. The normalized spacial score (nSPS) is 11.0. The fourth-order valence-electron chi connectivity index (χ4n) is 1.47. The minimum absolute atomic E-state index is 0.610.